The smallest absolute Gasteiger partial charge is 0.490 e. The number of carbonyl (C=O) groups is 1. The Bertz CT molecular complexity index is 779. The highest BCUT2D eigenvalue weighted by molar-refractivity contribution is 7.90. The minimum atomic E-state index is -5.45. The number of aromatic nitrogens is 1. The molecule has 1 aromatic rings. The summed E-state index contributed by atoms with van der Waals surface area (Å²) in [5.74, 6) is -0.0463. The third kappa shape index (κ3) is 4.85. The van der Waals surface area contributed by atoms with Gasteiger partial charge in [-0.2, -0.15) is 13.2 Å². The van der Waals surface area contributed by atoms with Gasteiger partial charge in [0.05, 0.1) is 23.5 Å². The normalized spacial score (nSPS) is 16.2. The van der Waals surface area contributed by atoms with Crippen LogP contribution in [0.3, 0.4) is 0 Å². The molecule has 7 nitrogen and oxygen atoms in total. The molecule has 1 N–H and O–H groups in total. The third-order valence-corrected chi connectivity index (χ3v) is 5.19. The van der Waals surface area contributed by atoms with Gasteiger partial charge in [-0.05, 0) is 32.8 Å². The molecule has 1 aliphatic carbocycles. The van der Waals surface area contributed by atoms with Crippen LogP contribution in [0.15, 0.2) is 12.3 Å². The topological polar surface area (TPSA) is 88.6 Å². The Balaban J connectivity index is 2.02. The number of carbonyl (C=O) groups excluding carboxylic acids is 1. The van der Waals surface area contributed by atoms with Gasteiger partial charge < -0.3 is 9.64 Å². The number of ether oxygens (including phenoxy) is 1. The maximum atomic E-state index is 12.4. The summed E-state index contributed by atoms with van der Waals surface area (Å²) in [5.41, 5.74) is -4.55. The number of alkyl halides is 3. The van der Waals surface area contributed by atoms with E-state index in [-0.39, 0.29) is 24.3 Å². The van der Waals surface area contributed by atoms with Crippen molar-refractivity contribution in [1.29, 1.82) is 0 Å². The van der Waals surface area contributed by atoms with Gasteiger partial charge in [0.1, 0.15) is 12.4 Å². The summed E-state index contributed by atoms with van der Waals surface area (Å²) in [7, 11) is -3.75. The van der Waals surface area contributed by atoms with E-state index in [9.17, 15) is 26.4 Å². The summed E-state index contributed by atoms with van der Waals surface area (Å²) < 4.78 is 65.9. The highest BCUT2D eigenvalue weighted by atomic mass is 32.2. The zero-order chi connectivity index (χ0) is 19.7. The lowest BCUT2D eigenvalue weighted by Gasteiger charge is -2.19. The molecule has 146 valence electrons. The lowest BCUT2D eigenvalue weighted by Crippen LogP contribution is -2.43. The number of halogens is 3. The molecule has 1 heterocycles. The molecule has 0 bridgehead atoms. The molecule has 0 aromatic carbocycles. The number of hydrogen-bond acceptors (Lipinski definition) is 5. The second-order valence-electron chi connectivity index (χ2n) is 6.23. The Labute approximate surface area is 149 Å². The van der Waals surface area contributed by atoms with Crippen molar-refractivity contribution < 1.29 is 31.1 Å². The van der Waals surface area contributed by atoms with Gasteiger partial charge in [-0.3, -0.25) is 9.78 Å². The summed E-state index contributed by atoms with van der Waals surface area (Å²) in [4.78, 5) is 18.1. The molecule has 1 fully saturated rings. The summed E-state index contributed by atoms with van der Waals surface area (Å²) in [6, 6.07) is 0.536. The van der Waals surface area contributed by atoms with Gasteiger partial charge in [0, 0.05) is 13.1 Å². The molecule has 1 saturated carbocycles. The number of nitrogens with one attached hydrogen (secondary N) is 1. The van der Waals surface area contributed by atoms with E-state index in [1.807, 2.05) is 0 Å². The minimum Gasteiger partial charge on any atom is -0.490 e. The maximum absolute atomic E-state index is 12.4. The SMILES string of the molecule is Cc1ncc(OC[C@H](C)NS(=O)(=O)C(F)(F)F)cc1C(=O)N(C)C1CC1. The molecule has 0 spiro atoms. The fourth-order valence-electron chi connectivity index (χ4n) is 2.21. The van der Waals surface area contributed by atoms with E-state index < -0.39 is 21.6 Å². The van der Waals surface area contributed by atoms with Gasteiger partial charge >= 0.3 is 15.5 Å². The van der Waals surface area contributed by atoms with Crippen LogP contribution in [0, 0.1) is 6.92 Å². The molecule has 1 aromatic heterocycles. The molecule has 11 heteroatoms. The van der Waals surface area contributed by atoms with E-state index in [1.54, 1.807) is 18.9 Å². The van der Waals surface area contributed by atoms with Gasteiger partial charge in [-0.1, -0.05) is 0 Å². The summed E-state index contributed by atoms with van der Waals surface area (Å²) >= 11 is 0. The molecule has 1 amide bonds. The fraction of sp³-hybridized carbons (Fsp3) is 0.600. The number of sulfonamides is 1. The van der Waals surface area contributed by atoms with Crippen LogP contribution in [0.4, 0.5) is 13.2 Å². The predicted molar refractivity (Wildman–Crippen MR) is 87.2 cm³/mol. The second kappa shape index (κ2) is 7.39. The summed E-state index contributed by atoms with van der Waals surface area (Å²) in [5, 5.41) is 0. The Morgan fingerprint density at radius 1 is 1.46 bits per heavy atom. The van der Waals surface area contributed by atoms with E-state index in [1.165, 1.54) is 23.9 Å². The highest BCUT2D eigenvalue weighted by Crippen LogP contribution is 2.28. The first-order valence-electron chi connectivity index (χ1n) is 7.87. The first kappa shape index (κ1) is 20.4. The molecule has 26 heavy (non-hydrogen) atoms. The number of amides is 1. The molecule has 0 unspecified atom stereocenters. The van der Waals surface area contributed by atoms with Gasteiger partial charge in [0.25, 0.3) is 5.91 Å². The number of hydrogen-bond donors (Lipinski definition) is 1. The summed E-state index contributed by atoms with van der Waals surface area (Å²) in [6.45, 7) is 2.54. The second-order valence-corrected chi connectivity index (χ2v) is 7.94. The standard InChI is InChI=1S/C15H20F3N3O4S/c1-9(20-26(23,24)15(16,17)18)8-25-12-6-13(10(2)19-7-12)14(22)21(3)11-4-5-11/h6-7,9,11,20H,4-5,8H2,1-3H3/t9-/m0/s1. The fourth-order valence-corrected chi connectivity index (χ4v) is 2.95. The maximum Gasteiger partial charge on any atom is 0.511 e. The highest BCUT2D eigenvalue weighted by Gasteiger charge is 2.46. The molecule has 1 atom stereocenters. The van der Waals surface area contributed by atoms with E-state index in [0.717, 1.165) is 12.8 Å². The van der Waals surface area contributed by atoms with Crippen molar-refractivity contribution in [2.75, 3.05) is 13.7 Å². The quantitative estimate of drug-likeness (QED) is 0.761. The van der Waals surface area contributed by atoms with Crippen LogP contribution >= 0.6 is 0 Å². The monoisotopic (exact) mass is 395 g/mol. The lowest BCUT2D eigenvalue weighted by atomic mass is 10.1. The van der Waals surface area contributed by atoms with E-state index >= 15 is 0 Å². The number of rotatable bonds is 7. The Morgan fingerprint density at radius 2 is 2.08 bits per heavy atom. The van der Waals surface area contributed by atoms with Gasteiger partial charge in [0.2, 0.25) is 0 Å². The van der Waals surface area contributed by atoms with Crippen LogP contribution in [-0.2, 0) is 10.0 Å². The van der Waals surface area contributed by atoms with Gasteiger partial charge in [-0.15, -0.1) is 0 Å². The Morgan fingerprint density at radius 3 is 2.62 bits per heavy atom. The van der Waals surface area contributed by atoms with Crippen LogP contribution in [0.2, 0.25) is 0 Å². The van der Waals surface area contributed by atoms with Crippen molar-refractivity contribution in [2.45, 2.75) is 44.3 Å². The van der Waals surface area contributed by atoms with E-state index in [0.29, 0.717) is 11.3 Å². The predicted octanol–water partition coefficient (Wildman–Crippen LogP) is 1.83. The lowest BCUT2D eigenvalue weighted by molar-refractivity contribution is -0.0451. The molecule has 0 saturated heterocycles. The van der Waals surface area contributed by atoms with E-state index in [2.05, 4.69) is 4.98 Å². The summed E-state index contributed by atoms with van der Waals surface area (Å²) in [6.07, 6.45) is 3.22. The van der Waals surface area contributed by atoms with Crippen LogP contribution < -0.4 is 9.46 Å². The van der Waals surface area contributed by atoms with Crippen LogP contribution in [0.25, 0.3) is 0 Å². The molecule has 2 rings (SSSR count). The largest absolute Gasteiger partial charge is 0.511 e. The molecular weight excluding hydrogens is 375 g/mol. The van der Waals surface area contributed by atoms with Crippen molar-refractivity contribution in [3.63, 3.8) is 0 Å². The molecular formula is C15H20F3N3O4S. The van der Waals surface area contributed by atoms with Crippen molar-refractivity contribution in [1.82, 2.24) is 14.6 Å². The first-order chi connectivity index (χ1) is 11.9. The molecule has 0 aliphatic heterocycles. The average Bonchev–Trinajstić information content (AvgIpc) is 3.36. The van der Waals surface area contributed by atoms with Crippen LogP contribution in [0.5, 0.6) is 5.75 Å². The molecule has 0 radical (unpaired) electrons. The molecule has 1 aliphatic rings. The van der Waals surface area contributed by atoms with Gasteiger partial charge in [0.15, 0.2) is 0 Å². The Kier molecular flexibility index (Phi) is 5.81. The number of nitrogens with zero attached hydrogens (tertiary/aromatic N) is 2. The minimum absolute atomic E-state index is 0.168. The van der Waals surface area contributed by atoms with Crippen LogP contribution in [-0.4, -0.2) is 55.5 Å². The number of aryl methyl sites for hydroxylation is 1. The zero-order valence-corrected chi connectivity index (χ0v) is 15.3. The van der Waals surface area contributed by atoms with Crippen molar-refractivity contribution >= 4 is 15.9 Å². The van der Waals surface area contributed by atoms with Crippen molar-refractivity contribution in [2.24, 2.45) is 0 Å². The average molecular weight is 395 g/mol. The number of pyridine rings is 1. The van der Waals surface area contributed by atoms with Crippen molar-refractivity contribution in [3.8, 4) is 5.75 Å². The third-order valence-electron chi connectivity index (χ3n) is 3.87. The van der Waals surface area contributed by atoms with Crippen LogP contribution in [0.1, 0.15) is 35.8 Å². The van der Waals surface area contributed by atoms with E-state index in [4.69, 9.17) is 4.74 Å². The van der Waals surface area contributed by atoms with Crippen molar-refractivity contribution in [3.05, 3.63) is 23.5 Å². The Hall–Kier alpha value is -1.88. The van der Waals surface area contributed by atoms with Gasteiger partial charge in [-0.25, -0.2) is 13.1 Å². The zero-order valence-electron chi connectivity index (χ0n) is 14.5. The first-order valence-corrected chi connectivity index (χ1v) is 9.36.